The number of hydrogen-bond acceptors (Lipinski definition) is 2. The molecule has 4 heteroatoms. The van der Waals surface area contributed by atoms with E-state index in [-0.39, 0.29) is 12.6 Å². The first-order valence-corrected chi connectivity index (χ1v) is 3.51. The standard InChI is InChI=1S/C7H15NO3/c1-6(8(2,3)4)5-11-7(9)10/h6H,5H2,1-4H3/p+1. The van der Waals surface area contributed by atoms with E-state index in [2.05, 4.69) is 4.74 Å². The van der Waals surface area contributed by atoms with Crippen LogP contribution in [0.15, 0.2) is 0 Å². The maximum absolute atomic E-state index is 10.0. The van der Waals surface area contributed by atoms with Crippen LogP contribution in [-0.4, -0.2) is 49.5 Å². The van der Waals surface area contributed by atoms with Gasteiger partial charge in [0.15, 0.2) is 0 Å². The van der Waals surface area contributed by atoms with Gasteiger partial charge in [-0.2, -0.15) is 0 Å². The van der Waals surface area contributed by atoms with Crippen LogP contribution in [0.1, 0.15) is 6.92 Å². The molecule has 0 aliphatic heterocycles. The minimum Gasteiger partial charge on any atom is -0.450 e. The fourth-order valence-electron chi connectivity index (χ4n) is 0.415. The lowest BCUT2D eigenvalue weighted by Gasteiger charge is -2.30. The molecule has 1 N–H and O–H groups in total. The van der Waals surface area contributed by atoms with Gasteiger partial charge in [0.2, 0.25) is 0 Å². The van der Waals surface area contributed by atoms with E-state index in [1.165, 1.54) is 0 Å². The highest BCUT2D eigenvalue weighted by Gasteiger charge is 2.19. The third kappa shape index (κ3) is 4.61. The highest BCUT2D eigenvalue weighted by atomic mass is 16.7. The first kappa shape index (κ1) is 10.2. The summed E-state index contributed by atoms with van der Waals surface area (Å²) in [5.41, 5.74) is 0. The first-order valence-electron chi connectivity index (χ1n) is 3.51. The second-order valence-corrected chi connectivity index (χ2v) is 3.54. The van der Waals surface area contributed by atoms with Gasteiger partial charge in [-0.3, -0.25) is 0 Å². The van der Waals surface area contributed by atoms with Crippen molar-refractivity contribution in [3.8, 4) is 0 Å². The van der Waals surface area contributed by atoms with Gasteiger partial charge in [-0.25, -0.2) is 4.79 Å². The zero-order valence-corrected chi connectivity index (χ0v) is 7.50. The van der Waals surface area contributed by atoms with Crippen LogP contribution < -0.4 is 0 Å². The summed E-state index contributed by atoms with van der Waals surface area (Å²) in [7, 11) is 5.99. The number of ether oxygens (including phenoxy) is 1. The average Bonchev–Trinajstić information content (AvgIpc) is 1.80. The summed E-state index contributed by atoms with van der Waals surface area (Å²) >= 11 is 0. The second-order valence-electron chi connectivity index (χ2n) is 3.54. The summed E-state index contributed by atoms with van der Waals surface area (Å²) in [6.45, 7) is 2.20. The summed E-state index contributed by atoms with van der Waals surface area (Å²) in [5, 5.41) is 8.20. The van der Waals surface area contributed by atoms with E-state index in [4.69, 9.17) is 5.11 Å². The van der Waals surface area contributed by atoms with Gasteiger partial charge in [0, 0.05) is 0 Å². The Morgan fingerprint density at radius 3 is 2.27 bits per heavy atom. The van der Waals surface area contributed by atoms with Crippen LogP contribution >= 0.6 is 0 Å². The fourth-order valence-corrected chi connectivity index (χ4v) is 0.415. The van der Waals surface area contributed by atoms with Gasteiger partial charge >= 0.3 is 6.16 Å². The topological polar surface area (TPSA) is 46.5 Å². The molecule has 0 aromatic rings. The third-order valence-electron chi connectivity index (χ3n) is 1.77. The van der Waals surface area contributed by atoms with Crippen molar-refractivity contribution < 1.29 is 19.1 Å². The van der Waals surface area contributed by atoms with E-state index in [0.29, 0.717) is 4.48 Å². The van der Waals surface area contributed by atoms with Gasteiger partial charge in [0.1, 0.15) is 12.6 Å². The number of carbonyl (C=O) groups is 1. The van der Waals surface area contributed by atoms with Crippen LogP contribution in [0.3, 0.4) is 0 Å². The molecule has 0 radical (unpaired) electrons. The highest BCUT2D eigenvalue weighted by molar-refractivity contribution is 5.56. The molecule has 0 rings (SSSR count). The van der Waals surface area contributed by atoms with E-state index in [0.717, 1.165) is 0 Å². The summed E-state index contributed by atoms with van der Waals surface area (Å²) in [5.74, 6) is 0. The molecule has 0 saturated carbocycles. The lowest BCUT2D eigenvalue weighted by atomic mass is 10.3. The largest absolute Gasteiger partial charge is 0.505 e. The Hall–Kier alpha value is -0.770. The fraction of sp³-hybridized carbons (Fsp3) is 0.857. The molecule has 0 aromatic carbocycles. The zero-order valence-electron chi connectivity index (χ0n) is 7.50. The van der Waals surface area contributed by atoms with E-state index in [1.54, 1.807) is 0 Å². The minimum atomic E-state index is -1.20. The van der Waals surface area contributed by atoms with E-state index < -0.39 is 6.16 Å². The molecule has 0 fully saturated rings. The summed E-state index contributed by atoms with van der Waals surface area (Å²) in [4.78, 5) is 10.0. The number of likely N-dealkylation sites (N-methyl/N-ethyl adjacent to an activating group) is 1. The van der Waals surface area contributed by atoms with Crippen LogP contribution in [-0.2, 0) is 4.74 Å². The molecule has 1 atom stereocenters. The van der Waals surface area contributed by atoms with Crippen LogP contribution in [0.2, 0.25) is 0 Å². The molecular weight excluding hydrogens is 146 g/mol. The Morgan fingerprint density at radius 2 is 2.00 bits per heavy atom. The molecular formula is C7H16NO3+. The molecule has 0 aliphatic rings. The molecule has 1 unspecified atom stereocenters. The predicted molar refractivity (Wildman–Crippen MR) is 41.5 cm³/mol. The molecule has 66 valence electrons. The molecule has 0 amide bonds. The van der Waals surface area contributed by atoms with Crippen molar-refractivity contribution in [3.05, 3.63) is 0 Å². The van der Waals surface area contributed by atoms with E-state index in [9.17, 15) is 4.79 Å². The second kappa shape index (κ2) is 3.57. The summed E-state index contributed by atoms with van der Waals surface area (Å²) in [6, 6.07) is 0.186. The molecule has 11 heavy (non-hydrogen) atoms. The SMILES string of the molecule is CC(COC(=O)O)[N+](C)(C)C. The smallest absolute Gasteiger partial charge is 0.450 e. The van der Waals surface area contributed by atoms with Crippen molar-refractivity contribution in [2.24, 2.45) is 0 Å². The van der Waals surface area contributed by atoms with Gasteiger partial charge < -0.3 is 14.3 Å². The Balaban J connectivity index is 3.70. The Bertz CT molecular complexity index is 139. The van der Waals surface area contributed by atoms with Crippen molar-refractivity contribution >= 4 is 6.16 Å². The van der Waals surface area contributed by atoms with Gasteiger partial charge in [-0.15, -0.1) is 0 Å². The molecule has 0 heterocycles. The predicted octanol–water partition coefficient (Wildman–Crippen LogP) is 0.776. The maximum atomic E-state index is 10.0. The van der Waals surface area contributed by atoms with Gasteiger partial charge in [0.05, 0.1) is 21.1 Å². The quantitative estimate of drug-likeness (QED) is 0.492. The molecule has 0 aromatic heterocycles. The third-order valence-corrected chi connectivity index (χ3v) is 1.77. The molecule has 0 aliphatic carbocycles. The minimum absolute atomic E-state index is 0.186. The molecule has 0 saturated heterocycles. The summed E-state index contributed by atoms with van der Waals surface area (Å²) < 4.78 is 5.13. The van der Waals surface area contributed by atoms with Crippen molar-refractivity contribution in [1.29, 1.82) is 0 Å². The normalized spacial score (nSPS) is 14.2. The van der Waals surface area contributed by atoms with E-state index >= 15 is 0 Å². The highest BCUT2D eigenvalue weighted by Crippen LogP contribution is 2.01. The van der Waals surface area contributed by atoms with Crippen molar-refractivity contribution in [2.75, 3.05) is 27.7 Å². The molecule has 4 nitrogen and oxygen atoms in total. The van der Waals surface area contributed by atoms with Crippen LogP contribution in [0.4, 0.5) is 4.79 Å². The van der Waals surface area contributed by atoms with Crippen LogP contribution in [0.25, 0.3) is 0 Å². The van der Waals surface area contributed by atoms with Gasteiger partial charge in [0.25, 0.3) is 0 Å². The number of nitrogens with zero attached hydrogens (tertiary/aromatic N) is 1. The lowest BCUT2D eigenvalue weighted by molar-refractivity contribution is -0.894. The molecule has 0 bridgehead atoms. The van der Waals surface area contributed by atoms with Crippen molar-refractivity contribution in [2.45, 2.75) is 13.0 Å². The Kier molecular flexibility index (Phi) is 3.32. The van der Waals surface area contributed by atoms with Gasteiger partial charge in [-0.05, 0) is 6.92 Å². The Labute approximate surface area is 67.0 Å². The van der Waals surface area contributed by atoms with Crippen molar-refractivity contribution in [3.63, 3.8) is 0 Å². The maximum Gasteiger partial charge on any atom is 0.505 e. The van der Waals surface area contributed by atoms with Crippen LogP contribution in [0.5, 0.6) is 0 Å². The molecule has 0 spiro atoms. The zero-order chi connectivity index (χ0) is 9.07. The average molecular weight is 162 g/mol. The summed E-state index contributed by atoms with van der Waals surface area (Å²) in [6.07, 6.45) is -1.20. The number of hydrogen-bond donors (Lipinski definition) is 1. The first-order chi connectivity index (χ1) is 4.84. The van der Waals surface area contributed by atoms with Gasteiger partial charge in [-0.1, -0.05) is 0 Å². The van der Waals surface area contributed by atoms with Crippen molar-refractivity contribution in [1.82, 2.24) is 0 Å². The number of rotatable bonds is 3. The van der Waals surface area contributed by atoms with E-state index in [1.807, 2.05) is 28.1 Å². The van der Waals surface area contributed by atoms with Crippen LogP contribution in [0, 0.1) is 0 Å². The monoisotopic (exact) mass is 162 g/mol. The number of quaternary nitrogens is 1. The lowest BCUT2D eigenvalue weighted by Crippen LogP contribution is -2.46. The Morgan fingerprint density at radius 1 is 1.55 bits per heavy atom. The number of carboxylic acid groups (broad SMARTS) is 1.